The quantitative estimate of drug-likeness (QED) is 0.387. The summed E-state index contributed by atoms with van der Waals surface area (Å²) in [6, 6.07) is 20.3. The smallest absolute Gasteiger partial charge is 0.352 e. The summed E-state index contributed by atoms with van der Waals surface area (Å²) < 4.78 is 8.21. The fraction of sp³-hybridized carbons (Fsp3) is 0.231. The second-order valence-electron chi connectivity index (χ2n) is 8.26. The van der Waals surface area contributed by atoms with Crippen LogP contribution in [0.5, 0.6) is 5.75 Å². The highest BCUT2D eigenvalue weighted by Gasteiger charge is 2.15. The van der Waals surface area contributed by atoms with Crippen LogP contribution in [0.25, 0.3) is 16.7 Å². The molecule has 1 N–H and O–H groups in total. The topological polar surface area (TPSA) is 86.3 Å². The SMILES string of the molecule is COc1ccc(Cn2c(=O)n3ncnc3c3cc(CCNC(C)c4ccccc4)cnc32)cc1. The fourth-order valence-electron chi connectivity index (χ4n) is 4.14. The summed E-state index contributed by atoms with van der Waals surface area (Å²) in [7, 11) is 1.63. The molecular formula is C26H26N6O2. The number of aromatic nitrogens is 5. The molecule has 0 fully saturated rings. The highest BCUT2D eigenvalue weighted by molar-refractivity contribution is 5.89. The zero-order valence-corrected chi connectivity index (χ0v) is 19.2. The molecule has 8 nitrogen and oxygen atoms in total. The Balaban J connectivity index is 1.43. The minimum Gasteiger partial charge on any atom is -0.497 e. The van der Waals surface area contributed by atoms with Crippen LogP contribution < -0.4 is 15.7 Å². The zero-order chi connectivity index (χ0) is 23.5. The van der Waals surface area contributed by atoms with E-state index >= 15 is 0 Å². The van der Waals surface area contributed by atoms with Crippen LogP contribution in [0.15, 0.2) is 78.0 Å². The van der Waals surface area contributed by atoms with E-state index in [1.807, 2.05) is 36.5 Å². The second kappa shape index (κ2) is 9.44. The lowest BCUT2D eigenvalue weighted by atomic mass is 10.1. The Hall–Kier alpha value is -4.04. The van der Waals surface area contributed by atoms with Crippen molar-refractivity contribution in [3.05, 3.63) is 100 Å². The van der Waals surface area contributed by atoms with E-state index in [1.54, 1.807) is 11.7 Å². The molecule has 8 heteroatoms. The van der Waals surface area contributed by atoms with Gasteiger partial charge in [-0.2, -0.15) is 9.61 Å². The maximum atomic E-state index is 13.1. The Kier molecular flexibility index (Phi) is 6.05. The molecule has 0 amide bonds. The van der Waals surface area contributed by atoms with E-state index in [9.17, 15) is 4.79 Å². The van der Waals surface area contributed by atoms with Gasteiger partial charge in [-0.3, -0.25) is 4.57 Å². The number of hydrogen-bond acceptors (Lipinski definition) is 6. The van der Waals surface area contributed by atoms with E-state index in [1.165, 1.54) is 16.4 Å². The van der Waals surface area contributed by atoms with Crippen molar-refractivity contribution in [1.29, 1.82) is 0 Å². The fourth-order valence-corrected chi connectivity index (χ4v) is 4.14. The third-order valence-electron chi connectivity index (χ3n) is 6.04. The van der Waals surface area contributed by atoms with Crippen LogP contribution in [0.3, 0.4) is 0 Å². The first-order valence-electron chi connectivity index (χ1n) is 11.3. The van der Waals surface area contributed by atoms with Gasteiger partial charge in [0, 0.05) is 12.2 Å². The predicted molar refractivity (Wildman–Crippen MR) is 131 cm³/mol. The van der Waals surface area contributed by atoms with Crippen molar-refractivity contribution < 1.29 is 4.74 Å². The molecule has 3 heterocycles. The van der Waals surface area contributed by atoms with Gasteiger partial charge in [0.05, 0.1) is 19.0 Å². The number of methoxy groups -OCH3 is 1. The minimum absolute atomic E-state index is 0.257. The summed E-state index contributed by atoms with van der Waals surface area (Å²) in [4.78, 5) is 22.2. The number of ether oxygens (including phenoxy) is 1. The lowest BCUT2D eigenvalue weighted by Gasteiger charge is -2.15. The molecule has 1 atom stereocenters. The average molecular weight is 455 g/mol. The van der Waals surface area contributed by atoms with E-state index < -0.39 is 0 Å². The van der Waals surface area contributed by atoms with Crippen LogP contribution in [0.2, 0.25) is 0 Å². The first kappa shape index (κ1) is 21.8. The van der Waals surface area contributed by atoms with Gasteiger partial charge in [0.1, 0.15) is 17.7 Å². The van der Waals surface area contributed by atoms with Crippen molar-refractivity contribution in [1.82, 2.24) is 29.5 Å². The molecule has 5 aromatic rings. The molecule has 0 aliphatic heterocycles. The van der Waals surface area contributed by atoms with Crippen LogP contribution in [-0.4, -0.2) is 37.8 Å². The maximum Gasteiger partial charge on any atom is 0.352 e. The van der Waals surface area contributed by atoms with Crippen LogP contribution in [0.4, 0.5) is 0 Å². The highest BCUT2D eigenvalue weighted by Crippen LogP contribution is 2.19. The molecule has 3 aromatic heterocycles. The van der Waals surface area contributed by atoms with Crippen LogP contribution in [0.1, 0.15) is 29.7 Å². The first-order valence-corrected chi connectivity index (χ1v) is 11.3. The second-order valence-corrected chi connectivity index (χ2v) is 8.26. The molecule has 34 heavy (non-hydrogen) atoms. The number of rotatable bonds is 8. The lowest BCUT2D eigenvalue weighted by molar-refractivity contribution is 0.414. The van der Waals surface area contributed by atoms with Crippen LogP contribution in [0, 0.1) is 0 Å². The first-order chi connectivity index (χ1) is 16.6. The third kappa shape index (κ3) is 4.27. The molecular weight excluding hydrogens is 428 g/mol. The van der Waals surface area contributed by atoms with Crippen molar-refractivity contribution >= 4 is 16.7 Å². The molecule has 0 saturated carbocycles. The molecule has 1 unspecified atom stereocenters. The molecule has 0 spiro atoms. The van der Waals surface area contributed by atoms with Crippen molar-refractivity contribution in [2.24, 2.45) is 0 Å². The Morgan fingerprint density at radius 1 is 1.00 bits per heavy atom. The number of fused-ring (bicyclic) bond motifs is 3. The largest absolute Gasteiger partial charge is 0.497 e. The molecule has 0 saturated heterocycles. The van der Waals surface area contributed by atoms with E-state index in [-0.39, 0.29) is 11.7 Å². The number of benzene rings is 2. The summed E-state index contributed by atoms with van der Waals surface area (Å²) in [5, 5.41) is 8.53. The lowest BCUT2D eigenvalue weighted by Crippen LogP contribution is -2.29. The molecule has 172 valence electrons. The van der Waals surface area contributed by atoms with Crippen molar-refractivity contribution in [2.45, 2.75) is 25.9 Å². The molecule has 5 rings (SSSR count). The highest BCUT2D eigenvalue weighted by atomic mass is 16.5. The number of pyridine rings is 1. The van der Waals surface area contributed by atoms with Gasteiger partial charge >= 0.3 is 5.69 Å². The summed E-state index contributed by atoms with van der Waals surface area (Å²) in [6.45, 7) is 3.33. The molecule has 0 radical (unpaired) electrons. The van der Waals surface area contributed by atoms with E-state index in [0.717, 1.165) is 35.2 Å². The van der Waals surface area contributed by atoms with Crippen molar-refractivity contribution in [3.63, 3.8) is 0 Å². The summed E-state index contributed by atoms with van der Waals surface area (Å²) >= 11 is 0. The zero-order valence-electron chi connectivity index (χ0n) is 19.2. The Morgan fingerprint density at radius 2 is 1.79 bits per heavy atom. The van der Waals surface area contributed by atoms with Gasteiger partial charge in [0.25, 0.3) is 0 Å². The normalized spacial score (nSPS) is 12.3. The van der Waals surface area contributed by atoms with E-state index in [2.05, 4.69) is 57.6 Å². The Labute approximate surface area is 196 Å². The average Bonchev–Trinajstić information content (AvgIpc) is 3.38. The summed E-state index contributed by atoms with van der Waals surface area (Å²) in [5.41, 5.74) is 4.14. The molecule has 0 aliphatic rings. The van der Waals surface area contributed by atoms with Gasteiger partial charge in [-0.25, -0.2) is 14.8 Å². The van der Waals surface area contributed by atoms with Gasteiger partial charge in [-0.1, -0.05) is 42.5 Å². The van der Waals surface area contributed by atoms with Crippen molar-refractivity contribution in [2.75, 3.05) is 13.7 Å². The maximum absolute atomic E-state index is 13.1. The number of nitrogens with one attached hydrogen (secondary N) is 1. The van der Waals surface area contributed by atoms with E-state index in [0.29, 0.717) is 17.8 Å². The van der Waals surface area contributed by atoms with Crippen LogP contribution >= 0.6 is 0 Å². The predicted octanol–water partition coefficient (Wildman–Crippen LogP) is 3.39. The van der Waals surface area contributed by atoms with Gasteiger partial charge in [0.15, 0.2) is 5.65 Å². The summed E-state index contributed by atoms with van der Waals surface area (Å²) in [6.07, 6.45) is 4.05. The number of hydrogen-bond donors (Lipinski definition) is 1. The van der Waals surface area contributed by atoms with Crippen molar-refractivity contribution in [3.8, 4) is 5.75 Å². The van der Waals surface area contributed by atoms with Gasteiger partial charge in [-0.05, 0) is 54.8 Å². The van der Waals surface area contributed by atoms with Gasteiger partial charge in [-0.15, -0.1) is 0 Å². The molecule has 2 aromatic carbocycles. The Morgan fingerprint density at radius 3 is 2.56 bits per heavy atom. The molecule has 0 bridgehead atoms. The van der Waals surface area contributed by atoms with E-state index in [4.69, 9.17) is 4.74 Å². The van der Waals surface area contributed by atoms with Gasteiger partial charge in [0.2, 0.25) is 0 Å². The van der Waals surface area contributed by atoms with Crippen LogP contribution in [-0.2, 0) is 13.0 Å². The summed E-state index contributed by atoms with van der Waals surface area (Å²) in [5.74, 6) is 0.769. The van der Waals surface area contributed by atoms with Gasteiger partial charge < -0.3 is 10.1 Å². The Bertz CT molecular complexity index is 1480. The standard InChI is InChI=1S/C26H26N6O2/c1-18(21-6-4-3-5-7-21)27-13-12-20-14-23-24(28-15-20)31(26(33)32-25(23)29-17-30-32)16-19-8-10-22(34-2)11-9-19/h3-11,14-15,17-18,27H,12-13,16H2,1-2H3. The monoisotopic (exact) mass is 454 g/mol. The number of nitrogens with zero attached hydrogens (tertiary/aromatic N) is 5. The minimum atomic E-state index is -0.269. The third-order valence-corrected chi connectivity index (χ3v) is 6.04. The molecule has 0 aliphatic carbocycles.